The molecule has 0 atom stereocenters. The van der Waals surface area contributed by atoms with Gasteiger partial charge in [0.2, 0.25) is 0 Å². The standard InChI is InChI=1S/C17H19N3O6/c1-3-25-16(21)12-19(17(22)26-4-2)11-13(10-18)9-14-7-5-6-8-15(14)20(23)24/h5-9H,3-4,11-12H2,1-2H3/b13-9+. The fraction of sp³-hybridized carbons (Fsp3) is 0.353. The third kappa shape index (κ3) is 6.24. The van der Waals surface area contributed by atoms with Crippen molar-refractivity contribution < 1.29 is 24.0 Å². The first kappa shape index (κ1) is 20.6. The summed E-state index contributed by atoms with van der Waals surface area (Å²) >= 11 is 0. The van der Waals surface area contributed by atoms with Crippen LogP contribution in [0, 0.1) is 21.4 Å². The van der Waals surface area contributed by atoms with Gasteiger partial charge in [0.1, 0.15) is 6.54 Å². The average molecular weight is 361 g/mol. The Hall–Kier alpha value is -3.41. The molecule has 9 nitrogen and oxygen atoms in total. The number of hydrogen-bond acceptors (Lipinski definition) is 7. The molecule has 0 unspecified atom stereocenters. The summed E-state index contributed by atoms with van der Waals surface area (Å²) in [5, 5.41) is 20.4. The third-order valence-corrected chi connectivity index (χ3v) is 3.12. The van der Waals surface area contributed by atoms with E-state index in [2.05, 4.69) is 0 Å². The first-order valence-corrected chi connectivity index (χ1v) is 7.84. The molecule has 1 aromatic carbocycles. The molecule has 0 aromatic heterocycles. The van der Waals surface area contributed by atoms with Crippen LogP contribution in [0.1, 0.15) is 19.4 Å². The number of nitrogens with zero attached hydrogens (tertiary/aromatic N) is 3. The average Bonchev–Trinajstić information content (AvgIpc) is 2.61. The number of nitriles is 1. The fourth-order valence-electron chi connectivity index (χ4n) is 2.04. The molecule has 26 heavy (non-hydrogen) atoms. The molecule has 0 heterocycles. The Bertz CT molecular complexity index is 738. The SMILES string of the molecule is CCOC(=O)CN(C/C(C#N)=C/c1ccccc1[N+](=O)[O-])C(=O)OCC. The number of rotatable bonds is 8. The minimum atomic E-state index is -0.788. The van der Waals surface area contributed by atoms with E-state index < -0.39 is 23.5 Å². The van der Waals surface area contributed by atoms with Gasteiger partial charge in [0, 0.05) is 11.6 Å². The molecule has 0 N–H and O–H groups in total. The molecule has 9 heteroatoms. The highest BCUT2D eigenvalue weighted by Crippen LogP contribution is 2.21. The number of carbonyl (C=O) groups is 2. The Morgan fingerprint density at radius 2 is 1.88 bits per heavy atom. The normalized spacial score (nSPS) is 10.6. The maximum absolute atomic E-state index is 12.0. The van der Waals surface area contributed by atoms with Crippen molar-refractivity contribution in [2.75, 3.05) is 26.3 Å². The van der Waals surface area contributed by atoms with E-state index in [0.29, 0.717) is 0 Å². The monoisotopic (exact) mass is 361 g/mol. The van der Waals surface area contributed by atoms with Crippen LogP contribution in [0.5, 0.6) is 0 Å². The lowest BCUT2D eigenvalue weighted by Crippen LogP contribution is -2.38. The van der Waals surface area contributed by atoms with Crippen LogP contribution in [-0.4, -0.2) is 48.2 Å². The molecule has 138 valence electrons. The zero-order valence-electron chi connectivity index (χ0n) is 14.5. The van der Waals surface area contributed by atoms with E-state index in [1.165, 1.54) is 24.3 Å². The van der Waals surface area contributed by atoms with Gasteiger partial charge in [-0.3, -0.25) is 19.8 Å². The fourth-order valence-corrected chi connectivity index (χ4v) is 2.04. The summed E-state index contributed by atoms with van der Waals surface area (Å²) in [6.45, 7) is 2.82. The molecular weight excluding hydrogens is 342 g/mol. The maximum atomic E-state index is 12.0. The highest BCUT2D eigenvalue weighted by Gasteiger charge is 2.21. The van der Waals surface area contributed by atoms with Crippen LogP contribution in [-0.2, 0) is 14.3 Å². The van der Waals surface area contributed by atoms with Crippen LogP contribution in [0.4, 0.5) is 10.5 Å². The predicted octanol–water partition coefficient (Wildman–Crippen LogP) is 2.52. The van der Waals surface area contributed by atoms with Crippen molar-refractivity contribution in [3.63, 3.8) is 0 Å². The summed E-state index contributed by atoms with van der Waals surface area (Å²) in [5.41, 5.74) is 0.0963. The smallest absolute Gasteiger partial charge is 0.410 e. The summed E-state index contributed by atoms with van der Waals surface area (Å²) in [5.74, 6) is -0.650. The van der Waals surface area contributed by atoms with E-state index in [1.807, 2.05) is 6.07 Å². The summed E-state index contributed by atoms with van der Waals surface area (Å²) in [6, 6.07) is 7.78. The summed E-state index contributed by atoms with van der Waals surface area (Å²) in [6.07, 6.45) is 0.513. The van der Waals surface area contributed by atoms with Crippen molar-refractivity contribution in [2.45, 2.75) is 13.8 Å². The zero-order valence-corrected chi connectivity index (χ0v) is 14.5. The van der Waals surface area contributed by atoms with Gasteiger partial charge in [-0.2, -0.15) is 5.26 Å². The number of amides is 1. The van der Waals surface area contributed by atoms with Gasteiger partial charge in [0.15, 0.2) is 0 Å². The molecular formula is C17H19N3O6. The van der Waals surface area contributed by atoms with Gasteiger partial charge < -0.3 is 9.47 Å². The Balaban J connectivity index is 3.09. The Labute approximate surface area is 150 Å². The Morgan fingerprint density at radius 3 is 2.46 bits per heavy atom. The van der Waals surface area contributed by atoms with E-state index in [1.54, 1.807) is 19.9 Å². The summed E-state index contributed by atoms with van der Waals surface area (Å²) in [4.78, 5) is 35.2. The van der Waals surface area contributed by atoms with Crippen LogP contribution in [0.15, 0.2) is 29.8 Å². The molecule has 0 spiro atoms. The molecule has 0 aliphatic carbocycles. The van der Waals surface area contributed by atoms with E-state index >= 15 is 0 Å². The van der Waals surface area contributed by atoms with E-state index in [9.17, 15) is 25.0 Å². The molecule has 0 radical (unpaired) electrons. The van der Waals surface area contributed by atoms with Gasteiger partial charge in [-0.15, -0.1) is 0 Å². The zero-order chi connectivity index (χ0) is 19.5. The number of ether oxygens (including phenoxy) is 2. The minimum Gasteiger partial charge on any atom is -0.465 e. The molecule has 1 rings (SSSR count). The molecule has 0 bridgehead atoms. The van der Waals surface area contributed by atoms with Crippen molar-refractivity contribution in [1.29, 1.82) is 5.26 Å². The number of nitro groups is 1. The van der Waals surface area contributed by atoms with Gasteiger partial charge in [0.05, 0.1) is 36.3 Å². The quantitative estimate of drug-likeness (QED) is 0.302. The second-order valence-electron chi connectivity index (χ2n) is 4.96. The molecule has 0 fully saturated rings. The highest BCUT2D eigenvalue weighted by atomic mass is 16.6. The molecule has 0 saturated carbocycles. The van der Waals surface area contributed by atoms with Crippen molar-refractivity contribution in [2.24, 2.45) is 0 Å². The second-order valence-corrected chi connectivity index (χ2v) is 4.96. The van der Waals surface area contributed by atoms with Crippen LogP contribution in [0.25, 0.3) is 6.08 Å². The van der Waals surface area contributed by atoms with Crippen LogP contribution in [0.2, 0.25) is 0 Å². The largest absolute Gasteiger partial charge is 0.465 e. The predicted molar refractivity (Wildman–Crippen MR) is 91.9 cm³/mol. The molecule has 0 aliphatic heterocycles. The second kappa shape index (κ2) is 10.5. The molecule has 1 aromatic rings. The van der Waals surface area contributed by atoms with Gasteiger partial charge in [-0.1, -0.05) is 12.1 Å². The highest BCUT2D eigenvalue weighted by molar-refractivity contribution is 5.78. The van der Waals surface area contributed by atoms with E-state index in [0.717, 1.165) is 4.90 Å². The molecule has 0 aliphatic rings. The van der Waals surface area contributed by atoms with Gasteiger partial charge in [-0.05, 0) is 26.0 Å². The van der Waals surface area contributed by atoms with Gasteiger partial charge in [0.25, 0.3) is 5.69 Å². The summed E-state index contributed by atoms with van der Waals surface area (Å²) in [7, 11) is 0. The van der Waals surface area contributed by atoms with E-state index in [-0.39, 0.29) is 36.6 Å². The number of esters is 1. The topological polar surface area (TPSA) is 123 Å². The van der Waals surface area contributed by atoms with Gasteiger partial charge >= 0.3 is 12.1 Å². The van der Waals surface area contributed by atoms with Crippen molar-refractivity contribution in [1.82, 2.24) is 4.90 Å². The van der Waals surface area contributed by atoms with Gasteiger partial charge in [-0.25, -0.2) is 4.79 Å². The van der Waals surface area contributed by atoms with Crippen LogP contribution < -0.4 is 0 Å². The van der Waals surface area contributed by atoms with Crippen molar-refractivity contribution in [3.05, 3.63) is 45.5 Å². The molecule has 0 saturated heterocycles. The molecule has 1 amide bonds. The first-order chi connectivity index (χ1) is 12.4. The van der Waals surface area contributed by atoms with Crippen molar-refractivity contribution >= 4 is 23.8 Å². The number of carbonyl (C=O) groups excluding carboxylic acids is 2. The lowest BCUT2D eigenvalue weighted by atomic mass is 10.1. The maximum Gasteiger partial charge on any atom is 0.410 e. The van der Waals surface area contributed by atoms with Crippen LogP contribution in [0.3, 0.4) is 0 Å². The number of hydrogen-bond donors (Lipinski definition) is 0. The lowest BCUT2D eigenvalue weighted by molar-refractivity contribution is -0.385. The first-order valence-electron chi connectivity index (χ1n) is 7.84. The number of nitro benzene ring substituents is 1. The minimum absolute atomic E-state index is 0.0525. The number of para-hydroxylation sites is 1. The number of benzene rings is 1. The Kier molecular flexibility index (Phi) is 8.30. The van der Waals surface area contributed by atoms with Crippen molar-refractivity contribution in [3.8, 4) is 6.07 Å². The summed E-state index contributed by atoms with van der Waals surface area (Å²) < 4.78 is 9.68. The Morgan fingerprint density at radius 1 is 1.23 bits per heavy atom. The third-order valence-electron chi connectivity index (χ3n) is 3.12. The van der Waals surface area contributed by atoms with E-state index in [4.69, 9.17) is 9.47 Å². The van der Waals surface area contributed by atoms with Crippen LogP contribution >= 0.6 is 0 Å². The lowest BCUT2D eigenvalue weighted by Gasteiger charge is -2.20.